The highest BCUT2D eigenvalue weighted by Crippen LogP contribution is 2.25. The van der Waals surface area contributed by atoms with E-state index in [0.717, 1.165) is 35.6 Å². The lowest BCUT2D eigenvalue weighted by atomic mass is 10.1. The monoisotopic (exact) mass is 526 g/mol. The summed E-state index contributed by atoms with van der Waals surface area (Å²) in [5.41, 5.74) is 3.90. The minimum absolute atomic E-state index is 0.0684. The maximum absolute atomic E-state index is 12.7. The Morgan fingerprint density at radius 3 is 2.20 bits per heavy atom. The van der Waals surface area contributed by atoms with E-state index >= 15 is 0 Å². The molecule has 0 bridgehead atoms. The molecule has 1 aliphatic rings. The van der Waals surface area contributed by atoms with E-state index in [-0.39, 0.29) is 21.6 Å². The molecule has 0 saturated carbocycles. The summed E-state index contributed by atoms with van der Waals surface area (Å²) >= 11 is 17.3. The highest BCUT2D eigenvalue weighted by Gasteiger charge is 2.22. The number of piperazine rings is 1. The SMILES string of the molecule is Cc1ccc(C(=O)N2CCN(c3ccc(NC(=S)NC(=O)c4cccc(Cl)c4Cl)cc3)CC2)cc1. The summed E-state index contributed by atoms with van der Waals surface area (Å²) in [5.74, 6) is -0.372. The van der Waals surface area contributed by atoms with Gasteiger partial charge in [0.15, 0.2) is 5.11 Å². The number of rotatable bonds is 4. The van der Waals surface area contributed by atoms with Crippen LogP contribution in [-0.2, 0) is 0 Å². The van der Waals surface area contributed by atoms with Crippen LogP contribution in [0.15, 0.2) is 66.7 Å². The maximum atomic E-state index is 12.7. The molecule has 180 valence electrons. The van der Waals surface area contributed by atoms with E-state index in [2.05, 4.69) is 15.5 Å². The number of aryl methyl sites for hydroxylation is 1. The predicted octanol–water partition coefficient (Wildman–Crippen LogP) is 5.39. The van der Waals surface area contributed by atoms with Gasteiger partial charge in [-0.05, 0) is 67.7 Å². The maximum Gasteiger partial charge on any atom is 0.258 e. The largest absolute Gasteiger partial charge is 0.368 e. The molecule has 3 aromatic rings. The van der Waals surface area contributed by atoms with Crippen LogP contribution in [0, 0.1) is 6.92 Å². The average Bonchev–Trinajstić information content (AvgIpc) is 2.86. The zero-order valence-electron chi connectivity index (χ0n) is 19.1. The van der Waals surface area contributed by atoms with Gasteiger partial charge in [0.25, 0.3) is 11.8 Å². The second kappa shape index (κ2) is 11.1. The van der Waals surface area contributed by atoms with Crippen molar-refractivity contribution in [1.29, 1.82) is 0 Å². The van der Waals surface area contributed by atoms with E-state index in [1.54, 1.807) is 18.2 Å². The molecule has 1 heterocycles. The van der Waals surface area contributed by atoms with Crippen molar-refractivity contribution in [2.75, 3.05) is 36.4 Å². The minimum Gasteiger partial charge on any atom is -0.368 e. The quantitative estimate of drug-likeness (QED) is 0.446. The van der Waals surface area contributed by atoms with Crippen molar-refractivity contribution >= 4 is 63.7 Å². The molecule has 35 heavy (non-hydrogen) atoms. The Kier molecular flexibility index (Phi) is 7.90. The molecule has 4 rings (SSSR count). The van der Waals surface area contributed by atoms with E-state index < -0.39 is 5.91 Å². The van der Waals surface area contributed by atoms with Gasteiger partial charge < -0.3 is 15.1 Å². The normalized spacial score (nSPS) is 13.3. The van der Waals surface area contributed by atoms with Crippen LogP contribution in [0.25, 0.3) is 0 Å². The number of hydrogen-bond acceptors (Lipinski definition) is 4. The molecular weight excluding hydrogens is 503 g/mol. The van der Waals surface area contributed by atoms with Crippen LogP contribution in [0.2, 0.25) is 10.0 Å². The number of hydrogen-bond donors (Lipinski definition) is 2. The Morgan fingerprint density at radius 2 is 1.54 bits per heavy atom. The predicted molar refractivity (Wildman–Crippen MR) is 146 cm³/mol. The summed E-state index contributed by atoms with van der Waals surface area (Å²) in [5, 5.41) is 6.25. The Hall–Kier alpha value is -3.13. The van der Waals surface area contributed by atoms with Crippen molar-refractivity contribution in [1.82, 2.24) is 10.2 Å². The van der Waals surface area contributed by atoms with E-state index in [1.165, 1.54) is 0 Å². The summed E-state index contributed by atoms with van der Waals surface area (Å²) in [6.45, 7) is 4.83. The third-order valence-electron chi connectivity index (χ3n) is 5.78. The Morgan fingerprint density at radius 1 is 0.886 bits per heavy atom. The molecule has 2 amide bonds. The number of thiocarbonyl (C=S) groups is 1. The Balaban J connectivity index is 1.29. The van der Waals surface area contributed by atoms with E-state index in [0.29, 0.717) is 18.1 Å². The van der Waals surface area contributed by atoms with Gasteiger partial charge in [-0.2, -0.15) is 0 Å². The van der Waals surface area contributed by atoms with Gasteiger partial charge in [-0.15, -0.1) is 0 Å². The van der Waals surface area contributed by atoms with Crippen LogP contribution in [0.4, 0.5) is 11.4 Å². The standard InChI is InChI=1S/C26H24Cl2N4O2S/c1-17-5-7-18(8-6-17)25(34)32-15-13-31(14-16-32)20-11-9-19(10-12-20)29-26(35)30-24(33)21-3-2-4-22(27)23(21)28/h2-12H,13-16H2,1H3,(H2,29,30,33,35). The summed E-state index contributed by atoms with van der Waals surface area (Å²) in [7, 11) is 0. The van der Waals surface area contributed by atoms with E-state index in [4.69, 9.17) is 35.4 Å². The molecule has 0 spiro atoms. The molecule has 1 fully saturated rings. The number of nitrogens with zero attached hydrogens (tertiary/aromatic N) is 2. The molecule has 1 aliphatic heterocycles. The molecular formula is C26H24Cl2N4O2S. The summed E-state index contributed by atoms with van der Waals surface area (Å²) in [4.78, 5) is 29.3. The van der Waals surface area contributed by atoms with Crippen molar-refractivity contribution < 1.29 is 9.59 Å². The number of carbonyl (C=O) groups is 2. The van der Waals surface area contributed by atoms with Crippen LogP contribution in [0.1, 0.15) is 26.3 Å². The summed E-state index contributed by atoms with van der Waals surface area (Å²) in [6, 6.07) is 20.3. The molecule has 9 heteroatoms. The third kappa shape index (κ3) is 6.11. The number of halogens is 2. The lowest BCUT2D eigenvalue weighted by Crippen LogP contribution is -2.48. The summed E-state index contributed by atoms with van der Waals surface area (Å²) < 4.78 is 0. The fraction of sp³-hybridized carbons (Fsp3) is 0.192. The van der Waals surface area contributed by atoms with Crippen molar-refractivity contribution in [3.05, 3.63) is 93.5 Å². The highest BCUT2D eigenvalue weighted by molar-refractivity contribution is 7.80. The lowest BCUT2D eigenvalue weighted by Gasteiger charge is -2.36. The third-order valence-corrected chi connectivity index (χ3v) is 6.80. The molecule has 3 aromatic carbocycles. The number of carbonyl (C=O) groups excluding carboxylic acids is 2. The topological polar surface area (TPSA) is 64.7 Å². The Bertz CT molecular complexity index is 1240. The highest BCUT2D eigenvalue weighted by atomic mass is 35.5. The van der Waals surface area contributed by atoms with Crippen LogP contribution in [0.5, 0.6) is 0 Å². The Labute approximate surface area is 219 Å². The van der Waals surface area contributed by atoms with Gasteiger partial charge in [-0.3, -0.25) is 14.9 Å². The van der Waals surface area contributed by atoms with Gasteiger partial charge in [0.05, 0.1) is 15.6 Å². The van der Waals surface area contributed by atoms with Crippen molar-refractivity contribution in [3.63, 3.8) is 0 Å². The van der Waals surface area contributed by atoms with Crippen LogP contribution in [0.3, 0.4) is 0 Å². The van der Waals surface area contributed by atoms with Gasteiger partial charge in [0.1, 0.15) is 0 Å². The first kappa shape index (κ1) is 25.0. The fourth-order valence-electron chi connectivity index (χ4n) is 3.81. The van der Waals surface area contributed by atoms with Crippen molar-refractivity contribution in [2.45, 2.75) is 6.92 Å². The number of benzene rings is 3. The molecule has 1 saturated heterocycles. The first-order valence-electron chi connectivity index (χ1n) is 11.1. The van der Waals surface area contributed by atoms with Gasteiger partial charge in [-0.1, -0.05) is 47.0 Å². The summed E-state index contributed by atoms with van der Waals surface area (Å²) in [6.07, 6.45) is 0. The molecule has 6 nitrogen and oxygen atoms in total. The second-order valence-electron chi connectivity index (χ2n) is 8.20. The van der Waals surface area contributed by atoms with Gasteiger partial charge >= 0.3 is 0 Å². The minimum atomic E-state index is -0.440. The van der Waals surface area contributed by atoms with Crippen LogP contribution >= 0.6 is 35.4 Å². The molecule has 2 N–H and O–H groups in total. The van der Waals surface area contributed by atoms with Gasteiger partial charge in [0.2, 0.25) is 0 Å². The zero-order chi connectivity index (χ0) is 24.9. The van der Waals surface area contributed by atoms with Crippen LogP contribution in [-0.4, -0.2) is 48.0 Å². The van der Waals surface area contributed by atoms with Crippen LogP contribution < -0.4 is 15.5 Å². The van der Waals surface area contributed by atoms with E-state index in [1.807, 2.05) is 60.4 Å². The van der Waals surface area contributed by atoms with Crippen molar-refractivity contribution in [3.8, 4) is 0 Å². The first-order valence-corrected chi connectivity index (χ1v) is 12.3. The zero-order valence-corrected chi connectivity index (χ0v) is 21.4. The first-order chi connectivity index (χ1) is 16.8. The molecule has 0 unspecified atom stereocenters. The van der Waals surface area contributed by atoms with Gasteiger partial charge in [0, 0.05) is 43.1 Å². The molecule has 0 radical (unpaired) electrons. The van der Waals surface area contributed by atoms with Gasteiger partial charge in [-0.25, -0.2) is 0 Å². The van der Waals surface area contributed by atoms with E-state index in [9.17, 15) is 9.59 Å². The number of amides is 2. The lowest BCUT2D eigenvalue weighted by molar-refractivity contribution is 0.0746. The fourth-order valence-corrected chi connectivity index (χ4v) is 4.41. The molecule has 0 aliphatic carbocycles. The molecule has 0 aromatic heterocycles. The molecule has 0 atom stereocenters. The smallest absolute Gasteiger partial charge is 0.258 e. The van der Waals surface area contributed by atoms with Crippen molar-refractivity contribution in [2.24, 2.45) is 0 Å². The average molecular weight is 527 g/mol. The number of anilines is 2. The second-order valence-corrected chi connectivity index (χ2v) is 9.40. The number of nitrogens with one attached hydrogen (secondary N) is 2.